The summed E-state index contributed by atoms with van der Waals surface area (Å²) in [6.07, 6.45) is 0. The smallest absolute Gasteiger partial charge is 0.337 e. The fraction of sp³-hybridized carbons (Fsp3) is 0.150. The molecule has 0 aliphatic rings. The molecule has 0 spiro atoms. The zero-order chi connectivity index (χ0) is 17.8. The molecule has 1 amide bonds. The average molecular weight is 334 g/mol. The molecule has 0 aliphatic carbocycles. The molecule has 3 aromatic rings. The second-order valence-electron chi connectivity index (χ2n) is 5.70. The summed E-state index contributed by atoms with van der Waals surface area (Å²) in [7, 11) is 1.34. The number of benzene rings is 2. The molecule has 0 bridgehead atoms. The number of ether oxygens (including phenoxy) is 1. The van der Waals surface area contributed by atoms with Crippen LogP contribution in [0, 0.1) is 6.92 Å². The molecule has 5 nitrogen and oxygen atoms in total. The van der Waals surface area contributed by atoms with E-state index in [1.165, 1.54) is 7.11 Å². The summed E-state index contributed by atoms with van der Waals surface area (Å²) in [5, 5.41) is 3.74. The van der Waals surface area contributed by atoms with Crippen molar-refractivity contribution in [2.45, 2.75) is 13.5 Å². The van der Waals surface area contributed by atoms with Crippen molar-refractivity contribution in [1.82, 2.24) is 10.3 Å². The number of fused-ring (bicyclic) bond motifs is 1. The van der Waals surface area contributed by atoms with Gasteiger partial charge >= 0.3 is 5.97 Å². The highest BCUT2D eigenvalue weighted by atomic mass is 16.5. The molecular weight excluding hydrogens is 316 g/mol. The first-order valence-corrected chi connectivity index (χ1v) is 7.90. The summed E-state index contributed by atoms with van der Waals surface area (Å²) in [5.41, 5.74) is 3.58. The Bertz CT molecular complexity index is 933. The van der Waals surface area contributed by atoms with Gasteiger partial charge in [-0.15, -0.1) is 0 Å². The zero-order valence-electron chi connectivity index (χ0n) is 14.1. The highest BCUT2D eigenvalue weighted by Crippen LogP contribution is 2.18. The average Bonchev–Trinajstić information content (AvgIpc) is 2.65. The van der Waals surface area contributed by atoms with Crippen LogP contribution in [0.2, 0.25) is 0 Å². The number of hydrogen-bond donors (Lipinski definition) is 1. The van der Waals surface area contributed by atoms with Crippen LogP contribution in [0.1, 0.15) is 32.0 Å². The maximum Gasteiger partial charge on any atom is 0.337 e. The molecule has 0 saturated carbocycles. The third kappa shape index (κ3) is 3.66. The topological polar surface area (TPSA) is 68.3 Å². The van der Waals surface area contributed by atoms with Gasteiger partial charge in [0.15, 0.2) is 0 Å². The molecule has 0 aliphatic heterocycles. The number of para-hydroxylation sites is 1. The minimum Gasteiger partial charge on any atom is -0.465 e. The molecule has 1 N–H and O–H groups in total. The second kappa shape index (κ2) is 7.13. The van der Waals surface area contributed by atoms with E-state index >= 15 is 0 Å². The van der Waals surface area contributed by atoms with Crippen molar-refractivity contribution >= 4 is 22.8 Å². The summed E-state index contributed by atoms with van der Waals surface area (Å²) >= 11 is 0. The van der Waals surface area contributed by atoms with E-state index in [2.05, 4.69) is 15.0 Å². The SMILES string of the molecule is COC(=O)c1ccc(CNC(=O)c2cc(C)nc3ccccc23)cc1. The van der Waals surface area contributed by atoms with Gasteiger partial charge in [-0.3, -0.25) is 9.78 Å². The predicted octanol–water partition coefficient (Wildman–Crippen LogP) is 3.26. The highest BCUT2D eigenvalue weighted by Gasteiger charge is 2.12. The van der Waals surface area contributed by atoms with Gasteiger partial charge in [0.2, 0.25) is 0 Å². The monoisotopic (exact) mass is 334 g/mol. The first kappa shape index (κ1) is 16.6. The largest absolute Gasteiger partial charge is 0.465 e. The third-order valence-corrected chi connectivity index (χ3v) is 3.92. The number of pyridine rings is 1. The maximum atomic E-state index is 12.6. The van der Waals surface area contributed by atoms with Crippen LogP contribution in [0.15, 0.2) is 54.6 Å². The molecule has 1 heterocycles. The molecule has 2 aromatic carbocycles. The first-order chi connectivity index (χ1) is 12.1. The minimum atomic E-state index is -0.380. The van der Waals surface area contributed by atoms with E-state index in [-0.39, 0.29) is 11.9 Å². The van der Waals surface area contributed by atoms with Crippen LogP contribution < -0.4 is 5.32 Å². The Morgan fingerprint density at radius 3 is 2.52 bits per heavy atom. The lowest BCUT2D eigenvalue weighted by molar-refractivity contribution is 0.0600. The molecule has 0 radical (unpaired) electrons. The van der Waals surface area contributed by atoms with Crippen LogP contribution >= 0.6 is 0 Å². The van der Waals surface area contributed by atoms with Crippen LogP contribution in [0.4, 0.5) is 0 Å². The van der Waals surface area contributed by atoms with Crippen molar-refractivity contribution in [3.8, 4) is 0 Å². The van der Waals surface area contributed by atoms with E-state index in [9.17, 15) is 9.59 Å². The van der Waals surface area contributed by atoms with Crippen LogP contribution in [-0.2, 0) is 11.3 Å². The van der Waals surface area contributed by atoms with E-state index < -0.39 is 0 Å². The van der Waals surface area contributed by atoms with Crippen molar-refractivity contribution in [3.63, 3.8) is 0 Å². The highest BCUT2D eigenvalue weighted by molar-refractivity contribution is 6.06. The molecule has 25 heavy (non-hydrogen) atoms. The number of carbonyl (C=O) groups is 2. The third-order valence-electron chi connectivity index (χ3n) is 3.92. The van der Waals surface area contributed by atoms with Gasteiger partial charge in [0.05, 0.1) is 23.8 Å². The Hall–Kier alpha value is -3.21. The van der Waals surface area contributed by atoms with Gasteiger partial charge < -0.3 is 10.1 Å². The second-order valence-corrected chi connectivity index (χ2v) is 5.70. The van der Waals surface area contributed by atoms with Gasteiger partial charge in [-0.1, -0.05) is 30.3 Å². The van der Waals surface area contributed by atoms with Gasteiger partial charge in [-0.05, 0) is 36.8 Å². The molecule has 126 valence electrons. The molecule has 3 rings (SSSR count). The van der Waals surface area contributed by atoms with E-state index in [4.69, 9.17) is 0 Å². The molecule has 0 saturated heterocycles. The molecule has 5 heteroatoms. The van der Waals surface area contributed by atoms with E-state index in [0.29, 0.717) is 17.7 Å². The summed E-state index contributed by atoms with van der Waals surface area (Å²) in [6.45, 7) is 2.24. The Kier molecular flexibility index (Phi) is 4.75. The summed E-state index contributed by atoms with van der Waals surface area (Å²) in [6, 6.07) is 16.3. The fourth-order valence-electron chi connectivity index (χ4n) is 2.65. The van der Waals surface area contributed by atoms with Crippen molar-refractivity contribution in [3.05, 3.63) is 77.0 Å². The summed E-state index contributed by atoms with van der Waals surface area (Å²) < 4.78 is 4.67. The number of amides is 1. The van der Waals surface area contributed by atoms with Crippen LogP contribution in [0.5, 0.6) is 0 Å². The maximum absolute atomic E-state index is 12.6. The number of hydrogen-bond acceptors (Lipinski definition) is 4. The Balaban J connectivity index is 1.76. The number of aryl methyl sites for hydroxylation is 1. The van der Waals surface area contributed by atoms with Crippen molar-refractivity contribution in [1.29, 1.82) is 0 Å². The number of carbonyl (C=O) groups excluding carboxylic acids is 2. The lowest BCUT2D eigenvalue weighted by atomic mass is 10.1. The van der Waals surface area contributed by atoms with E-state index in [0.717, 1.165) is 22.2 Å². The summed E-state index contributed by atoms with van der Waals surface area (Å²) in [4.78, 5) is 28.5. The minimum absolute atomic E-state index is 0.154. The number of rotatable bonds is 4. The number of aromatic nitrogens is 1. The Morgan fingerprint density at radius 2 is 1.80 bits per heavy atom. The van der Waals surface area contributed by atoms with Crippen molar-refractivity contribution in [2.24, 2.45) is 0 Å². The quantitative estimate of drug-likeness (QED) is 0.744. The number of esters is 1. The fourth-order valence-corrected chi connectivity index (χ4v) is 2.65. The molecule has 0 unspecified atom stereocenters. The molecule has 1 aromatic heterocycles. The van der Waals surface area contributed by atoms with Gasteiger partial charge in [0, 0.05) is 17.6 Å². The lowest BCUT2D eigenvalue weighted by Crippen LogP contribution is -2.23. The van der Waals surface area contributed by atoms with Crippen molar-refractivity contribution < 1.29 is 14.3 Å². The Labute approximate surface area is 145 Å². The predicted molar refractivity (Wildman–Crippen MR) is 95.4 cm³/mol. The number of nitrogens with zero attached hydrogens (tertiary/aromatic N) is 1. The Morgan fingerprint density at radius 1 is 1.08 bits per heavy atom. The van der Waals surface area contributed by atoms with Gasteiger partial charge in [0.25, 0.3) is 5.91 Å². The van der Waals surface area contributed by atoms with E-state index in [1.54, 1.807) is 30.3 Å². The summed E-state index contributed by atoms with van der Waals surface area (Å²) in [5.74, 6) is -0.534. The molecule has 0 fully saturated rings. The first-order valence-electron chi connectivity index (χ1n) is 7.90. The lowest BCUT2D eigenvalue weighted by Gasteiger charge is -2.09. The van der Waals surface area contributed by atoms with Gasteiger partial charge in [-0.2, -0.15) is 0 Å². The van der Waals surface area contributed by atoms with Crippen LogP contribution in [-0.4, -0.2) is 24.0 Å². The van der Waals surface area contributed by atoms with Gasteiger partial charge in [0.1, 0.15) is 0 Å². The normalized spacial score (nSPS) is 10.5. The van der Waals surface area contributed by atoms with Crippen molar-refractivity contribution in [2.75, 3.05) is 7.11 Å². The zero-order valence-corrected chi connectivity index (χ0v) is 14.1. The number of nitrogens with one attached hydrogen (secondary N) is 1. The standard InChI is InChI=1S/C20H18N2O3/c1-13-11-17(16-5-3-4-6-18(16)22-13)19(23)21-12-14-7-9-15(10-8-14)20(24)25-2/h3-11H,12H2,1-2H3,(H,21,23). The number of methoxy groups -OCH3 is 1. The van der Waals surface area contributed by atoms with Gasteiger partial charge in [-0.25, -0.2) is 4.79 Å². The molecular formula is C20H18N2O3. The van der Waals surface area contributed by atoms with Crippen LogP contribution in [0.3, 0.4) is 0 Å². The molecule has 0 atom stereocenters. The van der Waals surface area contributed by atoms with E-state index in [1.807, 2.05) is 31.2 Å². The van der Waals surface area contributed by atoms with Crippen LogP contribution in [0.25, 0.3) is 10.9 Å².